The molecule has 6 nitrogen and oxygen atoms in total. The summed E-state index contributed by atoms with van der Waals surface area (Å²) >= 11 is 2.73. The van der Waals surface area contributed by atoms with Crippen molar-refractivity contribution in [2.75, 3.05) is 13.1 Å². The predicted octanol–water partition coefficient (Wildman–Crippen LogP) is 4.04. The second-order valence-corrected chi connectivity index (χ2v) is 11.6. The maximum absolute atomic E-state index is 12.9. The third kappa shape index (κ3) is 4.45. The fraction of sp³-hybridized carbons (Fsp3) is 0.364. The lowest BCUT2D eigenvalue weighted by Crippen LogP contribution is -2.40. The topological polar surface area (TPSA) is 71.7 Å². The van der Waals surface area contributed by atoms with Crippen LogP contribution in [0.1, 0.15) is 25.3 Å². The second-order valence-electron chi connectivity index (χ2n) is 7.50. The van der Waals surface area contributed by atoms with Gasteiger partial charge in [-0.15, -0.1) is 17.9 Å². The van der Waals surface area contributed by atoms with Crippen LogP contribution < -0.4 is 4.80 Å². The molecule has 31 heavy (non-hydrogen) atoms. The van der Waals surface area contributed by atoms with Crippen molar-refractivity contribution in [1.29, 1.82) is 0 Å². The minimum Gasteiger partial charge on any atom is -0.313 e. The molecule has 3 heterocycles. The summed E-state index contributed by atoms with van der Waals surface area (Å²) in [4.78, 5) is 18.1. The number of aryl methyl sites for hydroxylation is 1. The largest absolute Gasteiger partial charge is 0.313 e. The van der Waals surface area contributed by atoms with Gasteiger partial charge in [0.2, 0.25) is 0 Å². The third-order valence-corrected chi connectivity index (χ3v) is 9.88. The zero-order valence-electron chi connectivity index (χ0n) is 17.4. The number of nitrogens with zero attached hydrogens (tertiary/aromatic N) is 3. The van der Waals surface area contributed by atoms with E-state index in [4.69, 9.17) is 0 Å². The molecule has 1 aliphatic heterocycles. The van der Waals surface area contributed by atoms with Crippen molar-refractivity contribution in [2.24, 2.45) is 10.9 Å². The van der Waals surface area contributed by atoms with E-state index in [1.165, 1.54) is 32.5 Å². The number of fused-ring (bicyclic) bond motifs is 1. The minimum atomic E-state index is -3.47. The van der Waals surface area contributed by atoms with Crippen LogP contribution in [0.2, 0.25) is 0 Å². The molecule has 4 rings (SSSR count). The van der Waals surface area contributed by atoms with E-state index in [-0.39, 0.29) is 11.8 Å². The number of carbonyl (C=O) groups excluding carboxylic acids is 1. The molecule has 0 aliphatic carbocycles. The molecule has 0 saturated carbocycles. The summed E-state index contributed by atoms with van der Waals surface area (Å²) in [7, 11) is -3.47. The highest BCUT2D eigenvalue weighted by Crippen LogP contribution is 2.27. The fourth-order valence-electron chi connectivity index (χ4n) is 3.79. The number of allylic oxidation sites excluding steroid dienone is 1. The number of hydrogen-bond acceptors (Lipinski definition) is 5. The molecular formula is C22H25N3O3S3. The molecule has 0 radical (unpaired) electrons. The Morgan fingerprint density at radius 3 is 2.71 bits per heavy atom. The van der Waals surface area contributed by atoms with Gasteiger partial charge in [0, 0.05) is 25.6 Å². The van der Waals surface area contributed by atoms with Crippen LogP contribution in [-0.2, 0) is 27.8 Å². The lowest BCUT2D eigenvalue weighted by molar-refractivity contribution is -0.122. The first-order valence-corrected chi connectivity index (χ1v) is 13.4. The summed E-state index contributed by atoms with van der Waals surface area (Å²) in [6.45, 7) is 7.21. The summed E-state index contributed by atoms with van der Waals surface area (Å²) in [6.07, 6.45) is 3.73. The Morgan fingerprint density at radius 1 is 1.29 bits per heavy atom. The molecule has 0 bridgehead atoms. The van der Waals surface area contributed by atoms with Gasteiger partial charge in [-0.2, -0.15) is 9.30 Å². The summed E-state index contributed by atoms with van der Waals surface area (Å²) in [5.41, 5.74) is 2.29. The lowest BCUT2D eigenvalue weighted by atomic mass is 9.98. The van der Waals surface area contributed by atoms with Crippen molar-refractivity contribution in [3.05, 3.63) is 58.7 Å². The van der Waals surface area contributed by atoms with Crippen LogP contribution >= 0.6 is 22.7 Å². The third-order valence-electron chi connectivity index (χ3n) is 5.57. The molecule has 0 spiro atoms. The van der Waals surface area contributed by atoms with E-state index in [1.807, 2.05) is 4.57 Å². The molecular weight excluding hydrogens is 450 g/mol. The van der Waals surface area contributed by atoms with Crippen LogP contribution in [0.3, 0.4) is 0 Å². The van der Waals surface area contributed by atoms with Crippen LogP contribution in [-0.4, -0.2) is 36.3 Å². The highest BCUT2D eigenvalue weighted by molar-refractivity contribution is 7.91. The van der Waals surface area contributed by atoms with Crippen molar-refractivity contribution >= 4 is 48.8 Å². The number of rotatable bonds is 6. The van der Waals surface area contributed by atoms with E-state index in [9.17, 15) is 13.2 Å². The molecule has 3 aromatic rings. The number of aromatic nitrogens is 1. The molecule has 2 aromatic heterocycles. The van der Waals surface area contributed by atoms with Crippen molar-refractivity contribution in [3.8, 4) is 0 Å². The van der Waals surface area contributed by atoms with Crippen molar-refractivity contribution in [2.45, 2.75) is 36.9 Å². The Bertz CT molecular complexity index is 1260. The molecule has 1 saturated heterocycles. The monoisotopic (exact) mass is 475 g/mol. The zero-order valence-corrected chi connectivity index (χ0v) is 19.8. The lowest BCUT2D eigenvalue weighted by Gasteiger charge is -2.29. The number of piperidine rings is 1. The number of thiazole rings is 1. The fourth-order valence-corrected chi connectivity index (χ4v) is 7.52. The average Bonchev–Trinajstić information content (AvgIpc) is 3.43. The quantitative estimate of drug-likeness (QED) is 0.505. The number of carbonyl (C=O) groups is 1. The first-order valence-electron chi connectivity index (χ1n) is 10.3. The number of sulfonamides is 1. The smallest absolute Gasteiger partial charge is 0.252 e. The minimum absolute atomic E-state index is 0.173. The molecule has 1 aliphatic rings. The molecule has 164 valence electrons. The van der Waals surface area contributed by atoms with Crippen molar-refractivity contribution in [3.63, 3.8) is 0 Å². The summed E-state index contributed by atoms with van der Waals surface area (Å²) in [5, 5.41) is 1.76. The van der Waals surface area contributed by atoms with Crippen LogP contribution in [0.25, 0.3) is 10.2 Å². The van der Waals surface area contributed by atoms with E-state index in [2.05, 4.69) is 36.7 Å². The van der Waals surface area contributed by atoms with Crippen LogP contribution in [0.4, 0.5) is 0 Å². The number of benzene rings is 1. The predicted molar refractivity (Wildman–Crippen MR) is 126 cm³/mol. The van der Waals surface area contributed by atoms with Gasteiger partial charge in [0.15, 0.2) is 4.80 Å². The second kappa shape index (κ2) is 9.20. The van der Waals surface area contributed by atoms with E-state index < -0.39 is 10.0 Å². The van der Waals surface area contributed by atoms with Crippen molar-refractivity contribution in [1.82, 2.24) is 8.87 Å². The number of hydrogen-bond donors (Lipinski definition) is 0. The van der Waals surface area contributed by atoms with Gasteiger partial charge in [0.1, 0.15) is 4.21 Å². The molecule has 1 aromatic carbocycles. The Hall–Kier alpha value is -2.07. The summed E-state index contributed by atoms with van der Waals surface area (Å²) in [6, 6.07) is 9.68. The normalized spacial score (nSPS) is 16.7. The van der Waals surface area contributed by atoms with Gasteiger partial charge in [-0.1, -0.05) is 36.5 Å². The van der Waals surface area contributed by atoms with E-state index in [0.29, 0.717) is 41.5 Å². The molecule has 1 amide bonds. The van der Waals surface area contributed by atoms with Gasteiger partial charge >= 0.3 is 0 Å². The first kappa shape index (κ1) is 22.1. The van der Waals surface area contributed by atoms with Gasteiger partial charge in [0.25, 0.3) is 15.9 Å². The van der Waals surface area contributed by atoms with Gasteiger partial charge in [-0.3, -0.25) is 4.79 Å². The van der Waals surface area contributed by atoms with Gasteiger partial charge < -0.3 is 4.57 Å². The maximum atomic E-state index is 12.9. The van der Waals surface area contributed by atoms with Crippen LogP contribution in [0, 0.1) is 5.92 Å². The SMILES string of the molecule is C=CCn1c(=NC(=O)C2CCN(S(=O)(=O)c3cccs3)CC2)sc2cc(CC)ccc21. The Labute approximate surface area is 190 Å². The first-order chi connectivity index (χ1) is 14.9. The van der Waals surface area contributed by atoms with Gasteiger partial charge in [-0.05, 0) is 48.4 Å². The van der Waals surface area contributed by atoms with E-state index in [0.717, 1.165) is 16.6 Å². The highest BCUT2D eigenvalue weighted by atomic mass is 32.2. The van der Waals surface area contributed by atoms with Gasteiger partial charge in [-0.25, -0.2) is 8.42 Å². The highest BCUT2D eigenvalue weighted by Gasteiger charge is 2.32. The van der Waals surface area contributed by atoms with Gasteiger partial charge in [0.05, 0.1) is 10.2 Å². The van der Waals surface area contributed by atoms with Crippen LogP contribution in [0.5, 0.6) is 0 Å². The average molecular weight is 476 g/mol. The number of thiophene rings is 1. The Morgan fingerprint density at radius 2 is 2.06 bits per heavy atom. The van der Waals surface area contributed by atoms with Crippen molar-refractivity contribution < 1.29 is 13.2 Å². The molecule has 1 fully saturated rings. The zero-order chi connectivity index (χ0) is 22.0. The van der Waals surface area contributed by atoms with E-state index in [1.54, 1.807) is 23.6 Å². The van der Waals surface area contributed by atoms with E-state index >= 15 is 0 Å². The summed E-state index contributed by atoms with van der Waals surface area (Å²) < 4.78 is 30.3. The molecule has 9 heteroatoms. The van der Waals surface area contributed by atoms with Crippen LogP contribution in [0.15, 0.2) is 57.6 Å². The maximum Gasteiger partial charge on any atom is 0.252 e. The number of amides is 1. The molecule has 0 N–H and O–H groups in total. The Kier molecular flexibility index (Phi) is 6.57. The Balaban J connectivity index is 1.55. The standard InChI is InChI=1S/C22H25N3O3S3/c1-3-11-25-18-8-7-16(4-2)15-19(18)30-22(25)23-21(26)17-9-12-24(13-10-17)31(27,28)20-6-5-14-29-20/h3,5-8,14-15,17H,1,4,9-13H2,2H3. The molecule has 0 unspecified atom stereocenters. The molecule has 0 atom stereocenters. The summed E-state index contributed by atoms with van der Waals surface area (Å²) in [5.74, 6) is -0.434.